The lowest BCUT2D eigenvalue weighted by Gasteiger charge is -2.41. The van der Waals surface area contributed by atoms with Gasteiger partial charge in [-0.05, 0) is 32.3 Å². The number of aryl methyl sites for hydroxylation is 1. The minimum absolute atomic E-state index is 0.103. The zero-order valence-electron chi connectivity index (χ0n) is 16.7. The van der Waals surface area contributed by atoms with Gasteiger partial charge < -0.3 is 19.3 Å². The molecule has 3 rings (SSSR count). The van der Waals surface area contributed by atoms with Crippen molar-refractivity contribution < 1.29 is 23.9 Å². The molecule has 0 aromatic heterocycles. The van der Waals surface area contributed by atoms with Crippen LogP contribution in [-0.4, -0.2) is 67.0 Å². The van der Waals surface area contributed by atoms with Gasteiger partial charge in [0.25, 0.3) is 5.91 Å². The summed E-state index contributed by atoms with van der Waals surface area (Å²) >= 11 is 0. The Morgan fingerprint density at radius 3 is 2.43 bits per heavy atom. The Morgan fingerprint density at radius 2 is 1.82 bits per heavy atom. The van der Waals surface area contributed by atoms with E-state index in [1.165, 1.54) is 0 Å². The number of benzene rings is 1. The number of amides is 2. The van der Waals surface area contributed by atoms with Gasteiger partial charge in [0.1, 0.15) is 6.61 Å². The molecule has 0 spiro atoms. The van der Waals surface area contributed by atoms with Crippen LogP contribution in [-0.2, 0) is 23.9 Å². The maximum atomic E-state index is 13.2. The van der Waals surface area contributed by atoms with Crippen molar-refractivity contribution in [3.8, 4) is 0 Å². The number of piperidine rings is 1. The molecular weight excluding hydrogens is 360 g/mol. The minimum Gasteiger partial charge on any atom is -0.466 e. The first-order valence-corrected chi connectivity index (χ1v) is 9.81. The summed E-state index contributed by atoms with van der Waals surface area (Å²) in [5, 5.41) is 0. The van der Waals surface area contributed by atoms with E-state index in [-0.39, 0.29) is 30.3 Å². The van der Waals surface area contributed by atoms with E-state index in [0.717, 1.165) is 11.1 Å². The SMILES string of the molecule is CCOC(=O)C1CCN(C(=O)[C@@H]2OCC(=O)N(C)[C@@H]2c2ccc(C)cc2)CC1. The molecule has 0 unspecified atom stereocenters. The van der Waals surface area contributed by atoms with Gasteiger partial charge in [0.2, 0.25) is 5.91 Å². The van der Waals surface area contributed by atoms with Gasteiger partial charge in [-0.15, -0.1) is 0 Å². The van der Waals surface area contributed by atoms with Crippen LogP contribution in [0.2, 0.25) is 0 Å². The van der Waals surface area contributed by atoms with E-state index in [1.807, 2.05) is 31.2 Å². The normalized spacial score (nSPS) is 23.6. The van der Waals surface area contributed by atoms with E-state index in [0.29, 0.717) is 32.5 Å². The number of morpholine rings is 1. The first kappa shape index (κ1) is 20.3. The predicted octanol–water partition coefficient (Wildman–Crippen LogP) is 1.70. The third kappa shape index (κ3) is 4.19. The van der Waals surface area contributed by atoms with Gasteiger partial charge in [-0.25, -0.2) is 0 Å². The highest BCUT2D eigenvalue weighted by atomic mass is 16.5. The molecule has 28 heavy (non-hydrogen) atoms. The van der Waals surface area contributed by atoms with Crippen molar-refractivity contribution >= 4 is 17.8 Å². The van der Waals surface area contributed by atoms with E-state index in [4.69, 9.17) is 9.47 Å². The number of hydrogen-bond acceptors (Lipinski definition) is 5. The number of likely N-dealkylation sites (N-methyl/N-ethyl adjacent to an activating group) is 1. The summed E-state index contributed by atoms with van der Waals surface area (Å²) in [7, 11) is 1.71. The first-order valence-electron chi connectivity index (χ1n) is 9.81. The molecule has 2 heterocycles. The largest absolute Gasteiger partial charge is 0.466 e. The molecule has 0 radical (unpaired) electrons. The van der Waals surface area contributed by atoms with Gasteiger partial charge in [-0.3, -0.25) is 14.4 Å². The summed E-state index contributed by atoms with van der Waals surface area (Å²) in [5.74, 6) is -0.623. The molecule has 2 atom stereocenters. The van der Waals surface area contributed by atoms with Crippen molar-refractivity contribution in [1.82, 2.24) is 9.80 Å². The lowest BCUT2D eigenvalue weighted by Crippen LogP contribution is -2.55. The molecule has 1 aromatic rings. The third-order valence-corrected chi connectivity index (χ3v) is 5.57. The van der Waals surface area contributed by atoms with Gasteiger partial charge >= 0.3 is 5.97 Å². The lowest BCUT2D eigenvalue weighted by atomic mass is 9.93. The summed E-state index contributed by atoms with van der Waals surface area (Å²) in [6.07, 6.45) is 0.423. The minimum atomic E-state index is -0.746. The molecule has 7 nitrogen and oxygen atoms in total. The number of likely N-dealkylation sites (tertiary alicyclic amines) is 1. The van der Waals surface area contributed by atoms with E-state index < -0.39 is 12.1 Å². The average Bonchev–Trinajstić information content (AvgIpc) is 2.70. The third-order valence-electron chi connectivity index (χ3n) is 5.57. The average molecular weight is 388 g/mol. The monoisotopic (exact) mass is 388 g/mol. The highest BCUT2D eigenvalue weighted by Crippen LogP contribution is 2.31. The Labute approximate surface area is 165 Å². The predicted molar refractivity (Wildman–Crippen MR) is 102 cm³/mol. The van der Waals surface area contributed by atoms with Gasteiger partial charge in [0.05, 0.1) is 18.6 Å². The molecule has 0 saturated carbocycles. The molecule has 0 aliphatic carbocycles. The Morgan fingerprint density at radius 1 is 1.18 bits per heavy atom. The van der Waals surface area contributed by atoms with E-state index in [2.05, 4.69) is 0 Å². The van der Waals surface area contributed by atoms with Crippen molar-refractivity contribution in [2.45, 2.75) is 38.8 Å². The van der Waals surface area contributed by atoms with E-state index in [1.54, 1.807) is 23.8 Å². The quantitative estimate of drug-likeness (QED) is 0.734. The second kappa shape index (κ2) is 8.73. The number of ether oxygens (including phenoxy) is 2. The lowest BCUT2D eigenvalue weighted by molar-refractivity contribution is -0.169. The van der Waals surface area contributed by atoms with Crippen molar-refractivity contribution in [3.63, 3.8) is 0 Å². The van der Waals surface area contributed by atoms with Crippen LogP contribution in [0.1, 0.15) is 36.9 Å². The fraction of sp³-hybridized carbons (Fsp3) is 0.571. The van der Waals surface area contributed by atoms with Gasteiger partial charge in [-0.1, -0.05) is 29.8 Å². The van der Waals surface area contributed by atoms with Crippen molar-refractivity contribution in [3.05, 3.63) is 35.4 Å². The number of carbonyl (C=O) groups excluding carboxylic acids is 3. The van der Waals surface area contributed by atoms with Crippen molar-refractivity contribution in [1.29, 1.82) is 0 Å². The van der Waals surface area contributed by atoms with E-state index >= 15 is 0 Å². The van der Waals surface area contributed by atoms with E-state index in [9.17, 15) is 14.4 Å². The number of carbonyl (C=O) groups is 3. The summed E-state index contributed by atoms with van der Waals surface area (Å²) < 4.78 is 10.8. The number of rotatable bonds is 4. The van der Waals surface area contributed by atoms with Gasteiger partial charge in [0.15, 0.2) is 6.10 Å². The number of hydrogen-bond donors (Lipinski definition) is 0. The molecule has 7 heteroatoms. The summed E-state index contributed by atoms with van der Waals surface area (Å²) in [4.78, 5) is 40.7. The molecule has 1 aromatic carbocycles. The molecule has 2 aliphatic rings. The number of nitrogens with zero attached hydrogens (tertiary/aromatic N) is 2. The molecule has 0 N–H and O–H groups in total. The second-order valence-electron chi connectivity index (χ2n) is 7.44. The van der Waals surface area contributed by atoms with Gasteiger partial charge in [0, 0.05) is 20.1 Å². The maximum Gasteiger partial charge on any atom is 0.309 e. The smallest absolute Gasteiger partial charge is 0.309 e. The van der Waals surface area contributed by atoms with Crippen LogP contribution >= 0.6 is 0 Å². The number of esters is 1. The van der Waals surface area contributed by atoms with Crippen LogP contribution in [0.3, 0.4) is 0 Å². The Bertz CT molecular complexity index is 725. The summed E-state index contributed by atoms with van der Waals surface area (Å²) in [6.45, 7) is 5.02. The second-order valence-corrected chi connectivity index (χ2v) is 7.44. The molecule has 2 aliphatic heterocycles. The topological polar surface area (TPSA) is 76.1 Å². The van der Waals surface area contributed by atoms with Gasteiger partial charge in [-0.2, -0.15) is 0 Å². The van der Waals surface area contributed by atoms with Crippen molar-refractivity contribution in [2.75, 3.05) is 33.4 Å². The standard InChI is InChI=1S/C21H28N2O5/c1-4-27-21(26)16-9-11-23(12-10-16)20(25)19-18(22(3)17(24)13-28-19)15-7-5-14(2)6-8-15/h5-8,16,18-19H,4,9-13H2,1-3H3/t18-,19-/m1/s1. The molecule has 2 fully saturated rings. The zero-order valence-corrected chi connectivity index (χ0v) is 16.7. The summed E-state index contributed by atoms with van der Waals surface area (Å²) in [6, 6.07) is 7.35. The molecule has 2 amide bonds. The zero-order chi connectivity index (χ0) is 20.3. The molecule has 2 saturated heterocycles. The van der Waals surface area contributed by atoms with Crippen LogP contribution < -0.4 is 0 Å². The first-order chi connectivity index (χ1) is 13.4. The fourth-order valence-corrected chi connectivity index (χ4v) is 3.86. The van der Waals surface area contributed by atoms with Crippen molar-refractivity contribution in [2.24, 2.45) is 5.92 Å². The summed E-state index contributed by atoms with van der Waals surface area (Å²) in [5.41, 5.74) is 1.99. The van der Waals surface area contributed by atoms with Crippen LogP contribution in [0.4, 0.5) is 0 Å². The Hall–Kier alpha value is -2.41. The maximum absolute atomic E-state index is 13.2. The molecular formula is C21H28N2O5. The Kier molecular flexibility index (Phi) is 6.34. The highest BCUT2D eigenvalue weighted by molar-refractivity contribution is 5.86. The molecule has 152 valence electrons. The fourth-order valence-electron chi connectivity index (χ4n) is 3.86. The molecule has 0 bridgehead atoms. The highest BCUT2D eigenvalue weighted by Gasteiger charge is 2.42. The van der Waals surface area contributed by atoms with Crippen LogP contribution in [0, 0.1) is 12.8 Å². The van der Waals surface area contributed by atoms with Crippen LogP contribution in [0.5, 0.6) is 0 Å². The van der Waals surface area contributed by atoms with Crippen LogP contribution in [0.25, 0.3) is 0 Å². The Balaban J connectivity index is 1.73. The van der Waals surface area contributed by atoms with Crippen LogP contribution in [0.15, 0.2) is 24.3 Å².